The summed E-state index contributed by atoms with van der Waals surface area (Å²) in [6.45, 7) is 4.94. The summed E-state index contributed by atoms with van der Waals surface area (Å²) >= 11 is 0. The summed E-state index contributed by atoms with van der Waals surface area (Å²) in [5, 5.41) is 14.3. The molecule has 19 heavy (non-hydrogen) atoms. The highest BCUT2D eigenvalue weighted by Crippen LogP contribution is 2.22. The Morgan fingerprint density at radius 2 is 2.32 bits per heavy atom. The smallest absolute Gasteiger partial charge is 0.271 e. The molecule has 1 aromatic carbocycles. The fourth-order valence-electron chi connectivity index (χ4n) is 2.57. The molecule has 1 fully saturated rings. The third kappa shape index (κ3) is 3.67. The topological polar surface area (TPSA) is 58.4 Å². The zero-order valence-corrected chi connectivity index (χ0v) is 11.3. The zero-order valence-electron chi connectivity index (χ0n) is 11.3. The van der Waals surface area contributed by atoms with Crippen LogP contribution in [0.25, 0.3) is 0 Å². The van der Waals surface area contributed by atoms with Crippen LogP contribution in [0, 0.1) is 10.1 Å². The van der Waals surface area contributed by atoms with E-state index in [1.807, 2.05) is 6.07 Å². The lowest BCUT2D eigenvalue weighted by atomic mass is 10.0. The van der Waals surface area contributed by atoms with Gasteiger partial charge in [0, 0.05) is 37.0 Å². The molecule has 104 valence electrons. The van der Waals surface area contributed by atoms with Crippen molar-refractivity contribution in [2.24, 2.45) is 0 Å². The summed E-state index contributed by atoms with van der Waals surface area (Å²) in [5.74, 6) is 0. The monoisotopic (exact) mass is 263 g/mol. The second kappa shape index (κ2) is 6.52. The molecule has 2 rings (SSSR count). The van der Waals surface area contributed by atoms with E-state index in [9.17, 15) is 10.1 Å². The fourth-order valence-corrected chi connectivity index (χ4v) is 2.57. The molecule has 1 aromatic rings. The van der Waals surface area contributed by atoms with Gasteiger partial charge in [0.1, 0.15) is 0 Å². The Balaban J connectivity index is 2.07. The lowest BCUT2D eigenvalue weighted by Crippen LogP contribution is -2.43. The minimum Gasteiger partial charge on any atom is -0.370 e. The molecular formula is C14H21N3O2. The Morgan fingerprint density at radius 1 is 1.47 bits per heavy atom. The summed E-state index contributed by atoms with van der Waals surface area (Å²) < 4.78 is 0. The number of nitro groups is 1. The number of benzene rings is 1. The molecule has 5 heteroatoms. The van der Waals surface area contributed by atoms with Crippen molar-refractivity contribution in [1.82, 2.24) is 5.32 Å². The fraction of sp³-hybridized carbons (Fsp3) is 0.571. The van der Waals surface area contributed by atoms with Crippen LogP contribution >= 0.6 is 0 Å². The number of hydrogen-bond acceptors (Lipinski definition) is 4. The third-order valence-corrected chi connectivity index (χ3v) is 3.64. The van der Waals surface area contributed by atoms with Crippen LogP contribution in [0.4, 0.5) is 11.4 Å². The first-order valence-corrected chi connectivity index (χ1v) is 6.93. The second-order valence-corrected chi connectivity index (χ2v) is 4.96. The van der Waals surface area contributed by atoms with E-state index in [0.717, 1.165) is 25.3 Å². The summed E-state index contributed by atoms with van der Waals surface area (Å²) in [6.07, 6.45) is 3.70. The summed E-state index contributed by atoms with van der Waals surface area (Å²) in [4.78, 5) is 12.7. The number of piperidine rings is 1. The van der Waals surface area contributed by atoms with Gasteiger partial charge in [0.05, 0.1) is 4.92 Å². The molecule has 0 amide bonds. The van der Waals surface area contributed by atoms with Crippen LogP contribution in [-0.4, -0.2) is 30.6 Å². The van der Waals surface area contributed by atoms with E-state index in [1.54, 1.807) is 12.1 Å². The maximum atomic E-state index is 10.8. The predicted molar refractivity (Wildman–Crippen MR) is 76.6 cm³/mol. The van der Waals surface area contributed by atoms with E-state index in [1.165, 1.54) is 25.3 Å². The van der Waals surface area contributed by atoms with Gasteiger partial charge in [0.25, 0.3) is 5.69 Å². The molecule has 1 aliphatic heterocycles. The van der Waals surface area contributed by atoms with Crippen molar-refractivity contribution in [2.75, 3.05) is 24.5 Å². The lowest BCUT2D eigenvalue weighted by Gasteiger charge is -2.31. The van der Waals surface area contributed by atoms with Crippen molar-refractivity contribution in [1.29, 1.82) is 0 Å². The average molecular weight is 263 g/mol. The highest BCUT2D eigenvalue weighted by Gasteiger charge is 2.17. The van der Waals surface area contributed by atoms with E-state index in [4.69, 9.17) is 0 Å². The first kappa shape index (κ1) is 13.8. The van der Waals surface area contributed by atoms with Crippen molar-refractivity contribution in [3.8, 4) is 0 Å². The van der Waals surface area contributed by atoms with Gasteiger partial charge >= 0.3 is 0 Å². The van der Waals surface area contributed by atoms with Crippen LogP contribution in [0.3, 0.4) is 0 Å². The molecule has 0 spiro atoms. The predicted octanol–water partition coefficient (Wildman–Crippen LogP) is 2.56. The van der Waals surface area contributed by atoms with E-state index in [2.05, 4.69) is 17.1 Å². The Hall–Kier alpha value is -1.62. The van der Waals surface area contributed by atoms with E-state index in [-0.39, 0.29) is 10.6 Å². The van der Waals surface area contributed by atoms with Gasteiger partial charge in [0.15, 0.2) is 0 Å². The first-order chi connectivity index (χ1) is 9.20. The molecule has 1 atom stereocenters. The second-order valence-electron chi connectivity index (χ2n) is 4.96. The molecule has 1 saturated heterocycles. The van der Waals surface area contributed by atoms with Gasteiger partial charge in [-0.2, -0.15) is 0 Å². The Labute approximate surface area is 113 Å². The number of rotatable bonds is 5. The molecule has 1 aliphatic rings. The van der Waals surface area contributed by atoms with Gasteiger partial charge in [-0.05, 0) is 32.4 Å². The number of nitrogens with zero attached hydrogens (tertiary/aromatic N) is 2. The van der Waals surface area contributed by atoms with Gasteiger partial charge in [-0.1, -0.05) is 12.5 Å². The minimum atomic E-state index is -0.337. The van der Waals surface area contributed by atoms with Crippen LogP contribution in [0.15, 0.2) is 24.3 Å². The number of non-ortho nitro benzene ring substituents is 1. The van der Waals surface area contributed by atoms with E-state index >= 15 is 0 Å². The maximum Gasteiger partial charge on any atom is 0.271 e. The molecule has 0 bridgehead atoms. The number of hydrogen-bond donors (Lipinski definition) is 1. The maximum absolute atomic E-state index is 10.8. The largest absolute Gasteiger partial charge is 0.370 e. The molecule has 1 heterocycles. The molecule has 5 nitrogen and oxygen atoms in total. The molecule has 0 radical (unpaired) electrons. The number of likely N-dealkylation sites (N-methyl/N-ethyl adjacent to an activating group) is 1. The number of anilines is 1. The normalized spacial score (nSPS) is 19.1. The summed E-state index contributed by atoms with van der Waals surface area (Å²) in [5.41, 5.74) is 1.09. The lowest BCUT2D eigenvalue weighted by molar-refractivity contribution is -0.384. The van der Waals surface area contributed by atoms with Gasteiger partial charge in [-0.25, -0.2) is 0 Å². The van der Waals surface area contributed by atoms with Gasteiger partial charge in [0.2, 0.25) is 0 Å². The Morgan fingerprint density at radius 3 is 2.95 bits per heavy atom. The average Bonchev–Trinajstić information content (AvgIpc) is 2.46. The highest BCUT2D eigenvalue weighted by molar-refractivity contribution is 5.53. The minimum absolute atomic E-state index is 0.160. The van der Waals surface area contributed by atoms with Crippen molar-refractivity contribution in [2.45, 2.75) is 32.2 Å². The Bertz CT molecular complexity index is 430. The zero-order chi connectivity index (χ0) is 13.7. The number of nitrogens with one attached hydrogen (secondary N) is 1. The quantitative estimate of drug-likeness (QED) is 0.655. The van der Waals surface area contributed by atoms with Crippen LogP contribution in [0.5, 0.6) is 0 Å². The summed E-state index contributed by atoms with van der Waals surface area (Å²) in [6, 6.07) is 7.39. The third-order valence-electron chi connectivity index (χ3n) is 3.64. The molecule has 0 aromatic heterocycles. The van der Waals surface area contributed by atoms with Crippen LogP contribution < -0.4 is 10.2 Å². The molecule has 0 saturated carbocycles. The van der Waals surface area contributed by atoms with Gasteiger partial charge < -0.3 is 10.2 Å². The van der Waals surface area contributed by atoms with Crippen molar-refractivity contribution in [3.63, 3.8) is 0 Å². The van der Waals surface area contributed by atoms with Crippen molar-refractivity contribution < 1.29 is 4.92 Å². The van der Waals surface area contributed by atoms with Crippen molar-refractivity contribution >= 4 is 11.4 Å². The van der Waals surface area contributed by atoms with Crippen LogP contribution in [0.2, 0.25) is 0 Å². The number of nitro benzene ring substituents is 1. The summed E-state index contributed by atoms with van der Waals surface area (Å²) in [7, 11) is 0. The van der Waals surface area contributed by atoms with Gasteiger partial charge in [-0.3, -0.25) is 10.1 Å². The Kier molecular flexibility index (Phi) is 4.74. The molecular weight excluding hydrogens is 242 g/mol. The van der Waals surface area contributed by atoms with E-state index < -0.39 is 0 Å². The molecule has 1 unspecified atom stereocenters. The first-order valence-electron chi connectivity index (χ1n) is 6.93. The standard InChI is InChI=1S/C14H21N3O2/c1-2-16(11-12-6-3-4-9-15-12)13-7-5-8-14(10-13)17(18)19/h5,7-8,10,12,15H,2-4,6,9,11H2,1H3. The molecule has 1 N–H and O–H groups in total. The van der Waals surface area contributed by atoms with Crippen molar-refractivity contribution in [3.05, 3.63) is 34.4 Å². The highest BCUT2D eigenvalue weighted by atomic mass is 16.6. The SMILES string of the molecule is CCN(CC1CCCCN1)c1cccc([N+](=O)[O-])c1. The van der Waals surface area contributed by atoms with E-state index in [0.29, 0.717) is 6.04 Å². The van der Waals surface area contributed by atoms with Crippen LogP contribution in [0.1, 0.15) is 26.2 Å². The van der Waals surface area contributed by atoms with Crippen LogP contribution in [-0.2, 0) is 0 Å². The molecule has 0 aliphatic carbocycles. The van der Waals surface area contributed by atoms with Gasteiger partial charge in [-0.15, -0.1) is 0 Å².